The van der Waals surface area contributed by atoms with Crippen molar-refractivity contribution < 1.29 is 9.53 Å². The Balaban J connectivity index is 1.97. The number of likely N-dealkylation sites (tertiary alicyclic amines) is 1. The lowest BCUT2D eigenvalue weighted by Crippen LogP contribution is -2.42. The maximum Gasteiger partial charge on any atom is 0.220 e. The van der Waals surface area contributed by atoms with Crippen LogP contribution in [0.15, 0.2) is 24.3 Å². The van der Waals surface area contributed by atoms with E-state index in [0.29, 0.717) is 6.61 Å². The quantitative estimate of drug-likeness (QED) is 0.731. The number of carbonyl (C=O) groups is 1. The molecule has 2 aromatic rings. The standard InChI is InChI=1S/C21H32N6O2/c1-5-21(3,4)27-20(23-24-25-27)18(15-7-9-17(10-8-15)29-6-2)26-13-11-16(12-14-26)19(22)28/h7-10,16,18H,5-6,11-14H2,1-4H3,(H2,22,28). The summed E-state index contributed by atoms with van der Waals surface area (Å²) in [7, 11) is 0. The Morgan fingerprint density at radius 1 is 1.24 bits per heavy atom. The van der Waals surface area contributed by atoms with Crippen LogP contribution in [0.5, 0.6) is 5.75 Å². The second-order valence-corrected chi connectivity index (χ2v) is 8.23. The summed E-state index contributed by atoms with van der Waals surface area (Å²) in [6.07, 6.45) is 2.41. The summed E-state index contributed by atoms with van der Waals surface area (Å²) < 4.78 is 7.54. The zero-order chi connectivity index (χ0) is 21.0. The van der Waals surface area contributed by atoms with Crippen molar-refractivity contribution in [1.82, 2.24) is 25.1 Å². The van der Waals surface area contributed by atoms with Gasteiger partial charge in [-0.25, -0.2) is 4.68 Å². The maximum absolute atomic E-state index is 11.6. The molecule has 2 heterocycles. The Bertz CT molecular complexity index is 809. The van der Waals surface area contributed by atoms with Gasteiger partial charge >= 0.3 is 0 Å². The summed E-state index contributed by atoms with van der Waals surface area (Å²) in [5.74, 6) is 1.39. The van der Waals surface area contributed by atoms with Gasteiger partial charge in [0.1, 0.15) is 5.75 Å². The number of nitrogens with zero attached hydrogens (tertiary/aromatic N) is 5. The highest BCUT2D eigenvalue weighted by Gasteiger charge is 2.35. The molecule has 0 saturated carbocycles. The van der Waals surface area contributed by atoms with Gasteiger partial charge in [0, 0.05) is 5.92 Å². The zero-order valence-corrected chi connectivity index (χ0v) is 17.8. The van der Waals surface area contributed by atoms with Gasteiger partial charge in [-0.15, -0.1) is 5.10 Å². The van der Waals surface area contributed by atoms with Gasteiger partial charge in [0.05, 0.1) is 18.2 Å². The Morgan fingerprint density at radius 2 is 1.90 bits per heavy atom. The highest BCUT2D eigenvalue weighted by atomic mass is 16.5. The van der Waals surface area contributed by atoms with Gasteiger partial charge in [0.25, 0.3) is 0 Å². The summed E-state index contributed by atoms with van der Waals surface area (Å²) in [6.45, 7) is 10.6. The molecule has 158 valence electrons. The molecule has 1 fully saturated rings. The molecular formula is C21H32N6O2. The van der Waals surface area contributed by atoms with E-state index in [2.05, 4.69) is 53.3 Å². The highest BCUT2D eigenvalue weighted by molar-refractivity contribution is 5.76. The van der Waals surface area contributed by atoms with Crippen LogP contribution in [-0.4, -0.2) is 50.7 Å². The second kappa shape index (κ2) is 8.90. The van der Waals surface area contributed by atoms with Crippen molar-refractivity contribution >= 4 is 5.91 Å². The average molecular weight is 401 g/mol. The fourth-order valence-electron chi connectivity index (χ4n) is 3.82. The molecule has 1 aromatic heterocycles. The lowest BCUT2D eigenvalue weighted by Gasteiger charge is -2.37. The van der Waals surface area contributed by atoms with Crippen LogP contribution in [0.1, 0.15) is 64.4 Å². The summed E-state index contributed by atoms with van der Waals surface area (Å²) in [5, 5.41) is 12.8. The fraction of sp³-hybridized carbons (Fsp3) is 0.619. The van der Waals surface area contributed by atoms with Gasteiger partial charge < -0.3 is 10.5 Å². The van der Waals surface area contributed by atoms with E-state index < -0.39 is 0 Å². The number of rotatable bonds is 8. The van der Waals surface area contributed by atoms with Crippen molar-refractivity contribution in [2.45, 2.75) is 58.5 Å². The molecule has 0 radical (unpaired) electrons. The molecule has 1 aliphatic rings. The SMILES string of the molecule is CCOc1ccc(C(c2nnnn2C(C)(C)CC)N2CCC(C(N)=O)CC2)cc1. The van der Waals surface area contributed by atoms with Gasteiger partial charge in [0.15, 0.2) is 5.82 Å². The van der Waals surface area contributed by atoms with E-state index in [9.17, 15) is 4.79 Å². The first-order valence-electron chi connectivity index (χ1n) is 10.4. The van der Waals surface area contributed by atoms with Gasteiger partial charge in [-0.3, -0.25) is 9.69 Å². The lowest BCUT2D eigenvalue weighted by molar-refractivity contribution is -0.123. The number of benzene rings is 1. The van der Waals surface area contributed by atoms with E-state index >= 15 is 0 Å². The summed E-state index contributed by atoms with van der Waals surface area (Å²) in [5.41, 5.74) is 6.44. The van der Waals surface area contributed by atoms with Crippen LogP contribution in [0.4, 0.5) is 0 Å². The number of hydrogen-bond donors (Lipinski definition) is 1. The first-order valence-corrected chi connectivity index (χ1v) is 10.4. The number of carbonyl (C=O) groups excluding carboxylic acids is 1. The first kappa shape index (κ1) is 21.2. The number of amides is 1. The van der Waals surface area contributed by atoms with Crippen LogP contribution >= 0.6 is 0 Å². The first-order chi connectivity index (χ1) is 13.9. The number of primary amides is 1. The van der Waals surface area contributed by atoms with Crippen LogP contribution < -0.4 is 10.5 Å². The third kappa shape index (κ3) is 4.58. The normalized spacial score (nSPS) is 17.2. The monoisotopic (exact) mass is 400 g/mol. The number of ether oxygens (including phenoxy) is 1. The second-order valence-electron chi connectivity index (χ2n) is 8.23. The predicted molar refractivity (Wildman–Crippen MR) is 110 cm³/mol. The van der Waals surface area contributed by atoms with E-state index in [4.69, 9.17) is 10.5 Å². The average Bonchev–Trinajstić information content (AvgIpc) is 3.20. The van der Waals surface area contributed by atoms with E-state index in [1.54, 1.807) is 0 Å². The van der Waals surface area contributed by atoms with E-state index in [1.807, 2.05) is 23.7 Å². The minimum absolute atomic E-state index is 0.0599. The van der Waals surface area contributed by atoms with E-state index in [-0.39, 0.29) is 23.4 Å². The number of aromatic nitrogens is 4. The smallest absolute Gasteiger partial charge is 0.220 e. The summed E-state index contributed by atoms with van der Waals surface area (Å²) in [6, 6.07) is 8.03. The van der Waals surface area contributed by atoms with Gasteiger partial charge in [-0.05, 0) is 81.2 Å². The van der Waals surface area contributed by atoms with Crippen LogP contribution in [0.2, 0.25) is 0 Å². The van der Waals surface area contributed by atoms with Gasteiger partial charge in [-0.2, -0.15) is 0 Å². The van der Waals surface area contributed by atoms with Crippen molar-refractivity contribution in [1.29, 1.82) is 0 Å². The molecule has 8 nitrogen and oxygen atoms in total. The number of nitrogens with two attached hydrogens (primary N) is 1. The van der Waals surface area contributed by atoms with Crippen LogP contribution in [0.3, 0.4) is 0 Å². The Kier molecular flexibility index (Phi) is 6.52. The van der Waals surface area contributed by atoms with Crippen molar-refractivity contribution in [3.63, 3.8) is 0 Å². The molecule has 0 bridgehead atoms. The molecule has 1 saturated heterocycles. The van der Waals surface area contributed by atoms with Gasteiger partial charge in [-0.1, -0.05) is 19.1 Å². The fourth-order valence-corrected chi connectivity index (χ4v) is 3.82. The third-order valence-corrected chi connectivity index (χ3v) is 5.98. The van der Waals surface area contributed by atoms with Crippen molar-refractivity contribution in [2.75, 3.05) is 19.7 Å². The summed E-state index contributed by atoms with van der Waals surface area (Å²) >= 11 is 0. The molecule has 2 N–H and O–H groups in total. The zero-order valence-electron chi connectivity index (χ0n) is 17.8. The van der Waals surface area contributed by atoms with Crippen molar-refractivity contribution in [3.05, 3.63) is 35.7 Å². The van der Waals surface area contributed by atoms with Crippen molar-refractivity contribution in [3.8, 4) is 5.75 Å². The largest absolute Gasteiger partial charge is 0.494 e. The molecule has 1 aliphatic heterocycles. The van der Waals surface area contributed by atoms with E-state index in [0.717, 1.165) is 49.5 Å². The number of tetrazole rings is 1. The maximum atomic E-state index is 11.6. The molecule has 1 amide bonds. The molecule has 1 aromatic carbocycles. The molecule has 1 atom stereocenters. The predicted octanol–water partition coefficient (Wildman–Crippen LogP) is 2.50. The molecule has 0 aliphatic carbocycles. The Labute approximate surface area is 172 Å². The minimum atomic E-state index is -0.209. The molecule has 29 heavy (non-hydrogen) atoms. The third-order valence-electron chi connectivity index (χ3n) is 5.98. The van der Waals surface area contributed by atoms with Crippen molar-refractivity contribution in [2.24, 2.45) is 11.7 Å². The van der Waals surface area contributed by atoms with E-state index in [1.165, 1.54) is 0 Å². The Morgan fingerprint density at radius 3 is 2.45 bits per heavy atom. The molecule has 0 spiro atoms. The molecular weight excluding hydrogens is 368 g/mol. The number of piperidine rings is 1. The molecule has 3 rings (SSSR count). The molecule has 1 unspecified atom stereocenters. The highest BCUT2D eigenvalue weighted by Crippen LogP contribution is 2.34. The van der Waals surface area contributed by atoms with Crippen LogP contribution in [0.25, 0.3) is 0 Å². The Hall–Kier alpha value is -2.48. The summed E-state index contributed by atoms with van der Waals surface area (Å²) in [4.78, 5) is 14.0. The lowest BCUT2D eigenvalue weighted by atomic mass is 9.93. The number of hydrogen-bond acceptors (Lipinski definition) is 6. The van der Waals surface area contributed by atoms with Crippen LogP contribution in [0, 0.1) is 5.92 Å². The van der Waals surface area contributed by atoms with Gasteiger partial charge in [0.2, 0.25) is 5.91 Å². The minimum Gasteiger partial charge on any atom is -0.494 e. The topological polar surface area (TPSA) is 99.2 Å². The molecule has 8 heteroatoms. The van der Waals surface area contributed by atoms with Crippen LogP contribution in [-0.2, 0) is 10.3 Å².